The number of hydrazone groups is 1. The summed E-state index contributed by atoms with van der Waals surface area (Å²) >= 11 is 0. The van der Waals surface area contributed by atoms with Crippen LogP contribution < -0.4 is 14.9 Å². The van der Waals surface area contributed by atoms with Crippen LogP contribution in [0.4, 0.5) is 0 Å². The fourth-order valence-corrected chi connectivity index (χ4v) is 3.82. The molecule has 1 N–H and O–H groups in total. The van der Waals surface area contributed by atoms with Gasteiger partial charge in [0.05, 0.1) is 20.4 Å². The molecule has 32 heavy (non-hydrogen) atoms. The van der Waals surface area contributed by atoms with E-state index < -0.39 is 0 Å². The zero-order chi connectivity index (χ0) is 23.3. The van der Waals surface area contributed by atoms with E-state index >= 15 is 0 Å². The number of hydrogen-bond acceptors (Lipinski definition) is 4. The number of benzene rings is 1. The van der Waals surface area contributed by atoms with Crippen molar-refractivity contribution in [3.05, 3.63) is 23.8 Å². The maximum Gasteiger partial charge on any atom is 0.240 e. The van der Waals surface area contributed by atoms with E-state index in [0.717, 1.165) is 18.4 Å². The van der Waals surface area contributed by atoms with Gasteiger partial charge in [0.25, 0.3) is 0 Å². The summed E-state index contributed by atoms with van der Waals surface area (Å²) in [4.78, 5) is 11.9. The molecule has 1 rings (SSSR count). The summed E-state index contributed by atoms with van der Waals surface area (Å²) in [5, 5.41) is 4.04. The fraction of sp³-hybridized carbons (Fsp3) is 0.704. The second-order valence-electron chi connectivity index (χ2n) is 8.61. The lowest BCUT2D eigenvalue weighted by Crippen LogP contribution is -2.16. The van der Waals surface area contributed by atoms with Crippen molar-refractivity contribution >= 4 is 12.1 Å². The number of carbonyl (C=O) groups is 1. The molecule has 0 heterocycles. The Morgan fingerprint density at radius 1 is 0.781 bits per heavy atom. The normalized spacial score (nSPS) is 11.1. The van der Waals surface area contributed by atoms with E-state index in [1.165, 1.54) is 83.5 Å². The Bertz CT molecular complexity index is 631. The summed E-state index contributed by atoms with van der Waals surface area (Å²) < 4.78 is 10.5. The molecule has 0 saturated carbocycles. The lowest BCUT2D eigenvalue weighted by molar-refractivity contribution is -0.121. The van der Waals surface area contributed by atoms with E-state index in [9.17, 15) is 4.79 Å². The number of nitrogens with zero attached hydrogens (tertiary/aromatic N) is 1. The highest BCUT2D eigenvalue weighted by Crippen LogP contribution is 2.26. The van der Waals surface area contributed by atoms with Gasteiger partial charge in [-0.15, -0.1) is 0 Å². The summed E-state index contributed by atoms with van der Waals surface area (Å²) in [5.41, 5.74) is 3.45. The Labute approximate surface area is 196 Å². The molecule has 0 bridgehead atoms. The van der Waals surface area contributed by atoms with E-state index in [2.05, 4.69) is 17.5 Å². The minimum Gasteiger partial charge on any atom is -0.493 e. The van der Waals surface area contributed by atoms with Gasteiger partial charge in [-0.05, 0) is 30.2 Å². The average Bonchev–Trinajstić information content (AvgIpc) is 2.81. The van der Waals surface area contributed by atoms with E-state index in [4.69, 9.17) is 9.47 Å². The van der Waals surface area contributed by atoms with Crippen LogP contribution in [0.1, 0.15) is 115 Å². The molecule has 5 heteroatoms. The molecule has 1 amide bonds. The van der Waals surface area contributed by atoms with E-state index in [0.29, 0.717) is 17.9 Å². The fourth-order valence-electron chi connectivity index (χ4n) is 3.82. The van der Waals surface area contributed by atoms with Gasteiger partial charge in [0.15, 0.2) is 11.5 Å². The number of carbonyl (C=O) groups excluding carboxylic acids is 1. The minimum atomic E-state index is -0.0311. The number of hydrogen-bond donors (Lipinski definition) is 1. The summed E-state index contributed by atoms with van der Waals surface area (Å²) in [6.45, 7) is 2.27. The quantitative estimate of drug-likeness (QED) is 0.129. The number of unbranched alkanes of at least 4 members (excludes halogenated alkanes) is 14. The molecule has 5 nitrogen and oxygen atoms in total. The molecule has 0 spiro atoms. The Kier molecular flexibility index (Phi) is 17.2. The first-order valence-electron chi connectivity index (χ1n) is 12.7. The highest BCUT2D eigenvalue weighted by molar-refractivity contribution is 5.83. The molecule has 0 unspecified atom stereocenters. The van der Waals surface area contributed by atoms with Gasteiger partial charge in [-0.3, -0.25) is 4.79 Å². The molecule has 0 aliphatic carbocycles. The molecular formula is C27H46N2O3. The Balaban J connectivity index is 1.95. The van der Waals surface area contributed by atoms with Gasteiger partial charge in [-0.25, -0.2) is 5.43 Å². The number of nitrogens with one attached hydrogen (secondary N) is 1. The van der Waals surface area contributed by atoms with Crippen molar-refractivity contribution in [3.63, 3.8) is 0 Å². The van der Waals surface area contributed by atoms with E-state index in [-0.39, 0.29) is 5.91 Å². The first-order chi connectivity index (χ1) is 15.7. The van der Waals surface area contributed by atoms with Crippen LogP contribution in [0, 0.1) is 0 Å². The Morgan fingerprint density at radius 3 is 1.78 bits per heavy atom. The SMILES string of the molecule is CCCCCCCCCCCCCCCCCC(=O)N/N=C/c1ccc(OC)c(OC)c1. The van der Waals surface area contributed by atoms with Gasteiger partial charge >= 0.3 is 0 Å². The van der Waals surface area contributed by atoms with Crippen molar-refractivity contribution in [3.8, 4) is 11.5 Å². The topological polar surface area (TPSA) is 59.9 Å². The largest absolute Gasteiger partial charge is 0.493 e. The second kappa shape index (κ2) is 19.6. The van der Waals surface area contributed by atoms with Crippen LogP contribution in [0.5, 0.6) is 11.5 Å². The van der Waals surface area contributed by atoms with Crippen molar-refractivity contribution in [2.24, 2.45) is 5.10 Å². The number of rotatable bonds is 20. The Morgan fingerprint density at radius 2 is 1.28 bits per heavy atom. The third-order valence-corrected chi connectivity index (χ3v) is 5.82. The molecule has 1 aromatic rings. The van der Waals surface area contributed by atoms with Crippen molar-refractivity contribution in [1.29, 1.82) is 0 Å². The van der Waals surface area contributed by atoms with Crippen LogP contribution in [0.2, 0.25) is 0 Å². The highest BCUT2D eigenvalue weighted by Gasteiger charge is 2.03. The van der Waals surface area contributed by atoms with Crippen molar-refractivity contribution in [2.45, 2.75) is 110 Å². The van der Waals surface area contributed by atoms with Crippen molar-refractivity contribution < 1.29 is 14.3 Å². The molecule has 1 aromatic carbocycles. The first kappa shape index (κ1) is 28.0. The molecule has 0 fully saturated rings. The van der Waals surface area contributed by atoms with Gasteiger partial charge in [0.1, 0.15) is 0 Å². The van der Waals surface area contributed by atoms with Crippen molar-refractivity contribution in [2.75, 3.05) is 14.2 Å². The van der Waals surface area contributed by atoms with Crippen LogP contribution in [-0.4, -0.2) is 26.3 Å². The third-order valence-electron chi connectivity index (χ3n) is 5.82. The second-order valence-corrected chi connectivity index (χ2v) is 8.61. The highest BCUT2D eigenvalue weighted by atomic mass is 16.5. The molecule has 0 aliphatic heterocycles. The van der Waals surface area contributed by atoms with Gasteiger partial charge in [-0.2, -0.15) is 5.10 Å². The lowest BCUT2D eigenvalue weighted by atomic mass is 10.0. The predicted octanol–water partition coefficient (Wildman–Crippen LogP) is 7.42. The summed E-state index contributed by atoms with van der Waals surface area (Å²) in [7, 11) is 3.20. The third kappa shape index (κ3) is 14.1. The molecule has 182 valence electrons. The maximum atomic E-state index is 11.9. The summed E-state index contributed by atoms with van der Waals surface area (Å²) in [6.07, 6.45) is 22.0. The molecular weight excluding hydrogens is 400 g/mol. The molecule has 0 saturated heterocycles. The maximum absolute atomic E-state index is 11.9. The number of amides is 1. The first-order valence-corrected chi connectivity index (χ1v) is 12.7. The van der Waals surface area contributed by atoms with Gasteiger partial charge in [0.2, 0.25) is 5.91 Å². The minimum absolute atomic E-state index is 0.0311. The van der Waals surface area contributed by atoms with E-state index in [1.807, 2.05) is 18.2 Å². The molecule has 0 atom stereocenters. The van der Waals surface area contributed by atoms with Crippen LogP contribution in [-0.2, 0) is 4.79 Å². The van der Waals surface area contributed by atoms with Crippen LogP contribution in [0.15, 0.2) is 23.3 Å². The zero-order valence-corrected chi connectivity index (χ0v) is 20.8. The van der Waals surface area contributed by atoms with Crippen molar-refractivity contribution in [1.82, 2.24) is 5.43 Å². The number of methoxy groups -OCH3 is 2. The smallest absolute Gasteiger partial charge is 0.240 e. The predicted molar refractivity (Wildman–Crippen MR) is 135 cm³/mol. The molecule has 0 aromatic heterocycles. The van der Waals surface area contributed by atoms with Gasteiger partial charge in [-0.1, -0.05) is 96.8 Å². The lowest BCUT2D eigenvalue weighted by Gasteiger charge is -2.07. The standard InChI is InChI=1S/C27H46N2O3/c1-4-5-6-7-8-9-10-11-12-13-14-15-16-17-18-19-27(30)29-28-23-24-20-21-25(31-2)26(22-24)32-3/h20-23H,4-19H2,1-3H3,(H,29,30)/b28-23+. The van der Waals surface area contributed by atoms with Crippen LogP contribution in [0.3, 0.4) is 0 Å². The summed E-state index contributed by atoms with van der Waals surface area (Å²) in [6, 6.07) is 5.51. The average molecular weight is 447 g/mol. The van der Waals surface area contributed by atoms with E-state index in [1.54, 1.807) is 20.4 Å². The molecule has 0 radical (unpaired) electrons. The summed E-state index contributed by atoms with van der Waals surface area (Å²) in [5.74, 6) is 1.28. The van der Waals surface area contributed by atoms with Gasteiger partial charge < -0.3 is 9.47 Å². The van der Waals surface area contributed by atoms with Gasteiger partial charge in [0, 0.05) is 6.42 Å². The zero-order valence-electron chi connectivity index (χ0n) is 20.8. The van der Waals surface area contributed by atoms with Crippen LogP contribution in [0.25, 0.3) is 0 Å². The molecule has 0 aliphatic rings. The monoisotopic (exact) mass is 446 g/mol. The van der Waals surface area contributed by atoms with Crippen LogP contribution >= 0.6 is 0 Å². The number of ether oxygens (including phenoxy) is 2. The Hall–Kier alpha value is -2.04.